The van der Waals surface area contributed by atoms with E-state index in [9.17, 15) is 4.79 Å². The predicted molar refractivity (Wildman–Crippen MR) is 93.7 cm³/mol. The summed E-state index contributed by atoms with van der Waals surface area (Å²) in [6.07, 6.45) is 0. The average Bonchev–Trinajstić information content (AvgIpc) is 2.96. The van der Waals surface area contributed by atoms with Gasteiger partial charge in [0.25, 0.3) is 0 Å². The van der Waals surface area contributed by atoms with Crippen LogP contribution in [0.15, 0.2) is 42.5 Å². The first-order chi connectivity index (χ1) is 11.1. The molecular formula is C17H16ClNO3S. The van der Waals surface area contributed by atoms with Crippen molar-refractivity contribution in [1.82, 2.24) is 0 Å². The molecule has 0 bridgehead atoms. The van der Waals surface area contributed by atoms with Crippen LogP contribution in [-0.2, 0) is 4.79 Å². The van der Waals surface area contributed by atoms with E-state index in [1.165, 1.54) is 0 Å². The molecule has 2 aromatic carbocycles. The van der Waals surface area contributed by atoms with Crippen molar-refractivity contribution < 1.29 is 14.3 Å². The predicted octanol–water partition coefficient (Wildman–Crippen LogP) is 4.14. The molecule has 0 unspecified atom stereocenters. The van der Waals surface area contributed by atoms with Crippen molar-refractivity contribution in [3.63, 3.8) is 0 Å². The number of thioether (sulfide) groups is 1. The molecule has 0 aromatic heterocycles. The van der Waals surface area contributed by atoms with Crippen molar-refractivity contribution in [1.29, 1.82) is 0 Å². The normalized spacial score (nSPS) is 17.4. The minimum Gasteiger partial charge on any atom is -0.497 e. The summed E-state index contributed by atoms with van der Waals surface area (Å²) in [5, 5.41) is 0.510. The summed E-state index contributed by atoms with van der Waals surface area (Å²) in [6, 6.07) is 12.9. The molecule has 1 amide bonds. The summed E-state index contributed by atoms with van der Waals surface area (Å²) >= 11 is 7.52. The highest BCUT2D eigenvalue weighted by atomic mass is 35.5. The van der Waals surface area contributed by atoms with E-state index in [-0.39, 0.29) is 11.3 Å². The Hall–Kier alpha value is -1.85. The lowest BCUT2D eigenvalue weighted by molar-refractivity contribution is -0.115. The summed E-state index contributed by atoms with van der Waals surface area (Å²) in [5.74, 6) is 1.93. The summed E-state index contributed by atoms with van der Waals surface area (Å²) in [6.45, 7) is 0. The van der Waals surface area contributed by atoms with E-state index in [1.54, 1.807) is 43.0 Å². The maximum atomic E-state index is 12.4. The van der Waals surface area contributed by atoms with Gasteiger partial charge in [0.15, 0.2) is 0 Å². The first kappa shape index (κ1) is 16.0. The first-order valence-corrected chi connectivity index (χ1v) is 8.48. The molecule has 2 aromatic rings. The van der Waals surface area contributed by atoms with E-state index in [0.717, 1.165) is 17.0 Å². The molecule has 1 aliphatic rings. The fraction of sp³-hybridized carbons (Fsp3) is 0.235. The molecule has 0 saturated carbocycles. The van der Waals surface area contributed by atoms with Crippen molar-refractivity contribution in [3.05, 3.63) is 53.1 Å². The molecule has 0 aliphatic carbocycles. The summed E-state index contributed by atoms with van der Waals surface area (Å²) in [5.41, 5.74) is 1.77. The van der Waals surface area contributed by atoms with Gasteiger partial charge in [-0.15, -0.1) is 11.8 Å². The number of halogens is 1. The molecule has 0 N–H and O–H groups in total. The molecule has 3 rings (SSSR count). The molecule has 1 saturated heterocycles. The lowest BCUT2D eigenvalue weighted by Gasteiger charge is -2.25. The number of amides is 1. The van der Waals surface area contributed by atoms with Crippen molar-refractivity contribution in [2.24, 2.45) is 0 Å². The SMILES string of the molecule is COc1ccc([C@H]2SCC(=O)N2c2ccc(Cl)cc2)c(OC)c1. The Kier molecular flexibility index (Phi) is 4.68. The van der Waals surface area contributed by atoms with Crippen LogP contribution in [0.2, 0.25) is 5.02 Å². The Balaban J connectivity index is 2.01. The van der Waals surface area contributed by atoms with E-state index >= 15 is 0 Å². The fourth-order valence-electron chi connectivity index (χ4n) is 2.56. The first-order valence-electron chi connectivity index (χ1n) is 7.05. The van der Waals surface area contributed by atoms with Gasteiger partial charge in [-0.3, -0.25) is 9.69 Å². The topological polar surface area (TPSA) is 38.8 Å². The monoisotopic (exact) mass is 349 g/mol. The highest BCUT2D eigenvalue weighted by Crippen LogP contribution is 2.45. The number of benzene rings is 2. The molecule has 23 heavy (non-hydrogen) atoms. The zero-order valence-electron chi connectivity index (χ0n) is 12.8. The van der Waals surface area contributed by atoms with Crippen molar-refractivity contribution in [3.8, 4) is 11.5 Å². The summed E-state index contributed by atoms with van der Waals surface area (Å²) < 4.78 is 10.7. The minimum atomic E-state index is -0.135. The Bertz CT molecular complexity index is 720. The van der Waals surface area contributed by atoms with Crippen LogP contribution in [0.3, 0.4) is 0 Å². The molecule has 1 aliphatic heterocycles. The molecule has 120 valence electrons. The van der Waals surface area contributed by atoms with E-state index < -0.39 is 0 Å². The van der Waals surface area contributed by atoms with E-state index in [0.29, 0.717) is 16.5 Å². The van der Waals surface area contributed by atoms with Gasteiger partial charge in [0.2, 0.25) is 5.91 Å². The van der Waals surface area contributed by atoms with Gasteiger partial charge in [-0.1, -0.05) is 11.6 Å². The second kappa shape index (κ2) is 6.72. The smallest absolute Gasteiger partial charge is 0.238 e. The van der Waals surface area contributed by atoms with Gasteiger partial charge in [-0.2, -0.15) is 0 Å². The van der Waals surface area contributed by atoms with Gasteiger partial charge in [0.05, 0.1) is 20.0 Å². The van der Waals surface area contributed by atoms with Gasteiger partial charge >= 0.3 is 0 Å². The third-order valence-electron chi connectivity index (χ3n) is 3.68. The fourth-order valence-corrected chi connectivity index (χ4v) is 3.89. The quantitative estimate of drug-likeness (QED) is 0.831. The lowest BCUT2D eigenvalue weighted by Crippen LogP contribution is -2.27. The second-order valence-electron chi connectivity index (χ2n) is 5.01. The Morgan fingerprint density at radius 2 is 1.87 bits per heavy atom. The molecule has 1 fully saturated rings. The molecule has 1 atom stereocenters. The Morgan fingerprint density at radius 3 is 2.52 bits per heavy atom. The van der Waals surface area contributed by atoms with Crippen LogP contribution in [0, 0.1) is 0 Å². The maximum absolute atomic E-state index is 12.4. The number of anilines is 1. The van der Waals surface area contributed by atoms with Crippen LogP contribution in [0.1, 0.15) is 10.9 Å². The molecule has 6 heteroatoms. The number of hydrogen-bond donors (Lipinski definition) is 0. The van der Waals surface area contributed by atoms with Crippen LogP contribution in [-0.4, -0.2) is 25.9 Å². The minimum absolute atomic E-state index is 0.0696. The number of hydrogen-bond acceptors (Lipinski definition) is 4. The Morgan fingerprint density at radius 1 is 1.13 bits per heavy atom. The van der Waals surface area contributed by atoms with Crippen LogP contribution in [0.25, 0.3) is 0 Å². The number of carbonyl (C=O) groups excluding carboxylic acids is 1. The molecule has 0 spiro atoms. The number of ether oxygens (including phenoxy) is 2. The number of rotatable bonds is 4. The van der Waals surface area contributed by atoms with E-state index in [1.807, 2.05) is 30.3 Å². The van der Waals surface area contributed by atoms with Crippen LogP contribution in [0.4, 0.5) is 5.69 Å². The largest absolute Gasteiger partial charge is 0.497 e. The lowest BCUT2D eigenvalue weighted by atomic mass is 10.1. The van der Waals surface area contributed by atoms with Gasteiger partial charge in [0.1, 0.15) is 16.9 Å². The standard InChI is InChI=1S/C17H16ClNO3S/c1-21-13-7-8-14(15(9-13)22-2)17-19(16(20)10-23-17)12-5-3-11(18)4-6-12/h3-9,17H,10H2,1-2H3/t17-/m1/s1. The molecule has 1 heterocycles. The molecule has 0 radical (unpaired) electrons. The van der Waals surface area contributed by atoms with Crippen molar-refractivity contribution >= 4 is 35.0 Å². The van der Waals surface area contributed by atoms with E-state index in [4.69, 9.17) is 21.1 Å². The number of methoxy groups -OCH3 is 2. The van der Waals surface area contributed by atoms with Gasteiger partial charge < -0.3 is 9.47 Å². The summed E-state index contributed by atoms with van der Waals surface area (Å²) in [4.78, 5) is 14.2. The maximum Gasteiger partial charge on any atom is 0.238 e. The Labute approximate surface area is 144 Å². The molecule has 4 nitrogen and oxygen atoms in total. The van der Waals surface area contributed by atoms with Gasteiger partial charge in [0, 0.05) is 22.3 Å². The van der Waals surface area contributed by atoms with Gasteiger partial charge in [-0.05, 0) is 36.4 Å². The number of carbonyl (C=O) groups is 1. The summed E-state index contributed by atoms with van der Waals surface area (Å²) in [7, 11) is 3.23. The average molecular weight is 350 g/mol. The highest BCUT2D eigenvalue weighted by Gasteiger charge is 2.35. The zero-order chi connectivity index (χ0) is 16.4. The van der Waals surface area contributed by atoms with Gasteiger partial charge in [-0.25, -0.2) is 0 Å². The number of nitrogens with zero attached hydrogens (tertiary/aromatic N) is 1. The van der Waals surface area contributed by atoms with E-state index in [2.05, 4.69) is 0 Å². The van der Waals surface area contributed by atoms with Crippen molar-refractivity contribution in [2.75, 3.05) is 24.9 Å². The second-order valence-corrected chi connectivity index (χ2v) is 6.52. The van der Waals surface area contributed by atoms with Crippen LogP contribution < -0.4 is 14.4 Å². The zero-order valence-corrected chi connectivity index (χ0v) is 14.4. The van der Waals surface area contributed by atoms with Crippen LogP contribution in [0.5, 0.6) is 11.5 Å². The third kappa shape index (κ3) is 3.12. The molecular weight excluding hydrogens is 334 g/mol. The van der Waals surface area contributed by atoms with Crippen molar-refractivity contribution in [2.45, 2.75) is 5.37 Å². The van der Waals surface area contributed by atoms with Crippen LogP contribution >= 0.6 is 23.4 Å². The highest BCUT2D eigenvalue weighted by molar-refractivity contribution is 8.00. The third-order valence-corrected chi connectivity index (χ3v) is 5.13.